The number of thiazole rings is 1. The van der Waals surface area contributed by atoms with E-state index in [0.29, 0.717) is 5.13 Å². The smallest absolute Gasteiger partial charge is 0.180 e. The lowest BCUT2D eigenvalue weighted by Crippen LogP contribution is -1.83. The molecule has 72 valence electrons. The fraction of sp³-hybridized carbons (Fsp3) is 0.100. The van der Waals surface area contributed by atoms with Crippen LogP contribution in [0, 0.1) is 6.92 Å². The van der Waals surface area contributed by atoms with Crippen molar-refractivity contribution in [3.05, 3.63) is 30.0 Å². The zero-order valence-electron chi connectivity index (χ0n) is 7.82. The Labute approximate surface area is 86.4 Å². The van der Waals surface area contributed by atoms with E-state index in [2.05, 4.69) is 4.98 Å². The van der Waals surface area contributed by atoms with Gasteiger partial charge in [0.25, 0.3) is 0 Å². The van der Waals surface area contributed by atoms with E-state index < -0.39 is 0 Å². The molecule has 0 aliphatic heterocycles. The monoisotopic (exact) mass is 205 g/mol. The first-order valence-corrected chi connectivity index (χ1v) is 5.07. The van der Waals surface area contributed by atoms with Crippen LogP contribution in [0.1, 0.15) is 5.69 Å². The van der Waals surface area contributed by atoms with Gasteiger partial charge in [-0.15, -0.1) is 0 Å². The number of aryl methyl sites for hydroxylation is 1. The zero-order chi connectivity index (χ0) is 10.1. The van der Waals surface area contributed by atoms with Gasteiger partial charge in [-0.3, -0.25) is 0 Å². The first kappa shape index (κ1) is 9.02. The molecule has 1 aromatic carbocycles. The zero-order valence-corrected chi connectivity index (χ0v) is 8.64. The highest BCUT2D eigenvalue weighted by Gasteiger charge is 2.06. The van der Waals surface area contributed by atoms with Gasteiger partial charge in [0, 0.05) is 5.69 Å². The van der Waals surface area contributed by atoms with Crippen LogP contribution in [0.2, 0.25) is 0 Å². The van der Waals surface area contributed by atoms with Gasteiger partial charge in [0.15, 0.2) is 5.13 Å². The van der Waals surface area contributed by atoms with E-state index in [1.807, 2.05) is 31.2 Å². The maximum atomic E-state index is 5.63. The van der Waals surface area contributed by atoms with Crippen molar-refractivity contribution < 1.29 is 0 Å². The van der Waals surface area contributed by atoms with Gasteiger partial charge in [-0.05, 0) is 24.6 Å². The van der Waals surface area contributed by atoms with Gasteiger partial charge in [-0.2, -0.15) is 0 Å². The van der Waals surface area contributed by atoms with Crippen LogP contribution in [0.15, 0.2) is 24.3 Å². The van der Waals surface area contributed by atoms with Crippen molar-refractivity contribution in [2.24, 2.45) is 0 Å². The van der Waals surface area contributed by atoms with E-state index in [4.69, 9.17) is 11.5 Å². The molecule has 4 heteroatoms. The first-order chi connectivity index (χ1) is 6.66. The van der Waals surface area contributed by atoms with Crippen molar-refractivity contribution >= 4 is 22.2 Å². The third-order valence-corrected chi connectivity index (χ3v) is 3.02. The standard InChI is InChI=1S/C10H11N3S/c1-6-9(14-10(12)13-6)7-2-4-8(11)5-3-7/h2-5H,11H2,1H3,(H2,12,13). The third kappa shape index (κ3) is 1.56. The molecule has 0 radical (unpaired) electrons. The maximum Gasteiger partial charge on any atom is 0.180 e. The van der Waals surface area contributed by atoms with Gasteiger partial charge in [-0.25, -0.2) is 4.98 Å². The van der Waals surface area contributed by atoms with Crippen molar-refractivity contribution in [1.82, 2.24) is 4.98 Å². The summed E-state index contributed by atoms with van der Waals surface area (Å²) >= 11 is 1.50. The lowest BCUT2D eigenvalue weighted by molar-refractivity contribution is 1.27. The van der Waals surface area contributed by atoms with Crippen LogP contribution in [-0.4, -0.2) is 4.98 Å². The van der Waals surface area contributed by atoms with Crippen LogP contribution >= 0.6 is 11.3 Å². The van der Waals surface area contributed by atoms with Gasteiger partial charge < -0.3 is 11.5 Å². The minimum absolute atomic E-state index is 0.606. The largest absolute Gasteiger partial charge is 0.399 e. The molecule has 14 heavy (non-hydrogen) atoms. The molecule has 3 nitrogen and oxygen atoms in total. The number of aromatic nitrogens is 1. The fourth-order valence-electron chi connectivity index (χ4n) is 1.32. The molecule has 1 heterocycles. The van der Waals surface area contributed by atoms with E-state index in [1.165, 1.54) is 11.3 Å². The summed E-state index contributed by atoms with van der Waals surface area (Å²) in [5.41, 5.74) is 14.1. The second kappa shape index (κ2) is 3.31. The van der Waals surface area contributed by atoms with Crippen LogP contribution in [0.4, 0.5) is 10.8 Å². The molecule has 0 saturated heterocycles. The van der Waals surface area contributed by atoms with Crippen molar-refractivity contribution in [3.8, 4) is 10.4 Å². The second-order valence-electron chi connectivity index (χ2n) is 3.09. The highest BCUT2D eigenvalue weighted by atomic mass is 32.1. The molecule has 2 rings (SSSR count). The highest BCUT2D eigenvalue weighted by Crippen LogP contribution is 2.31. The maximum absolute atomic E-state index is 5.63. The van der Waals surface area contributed by atoms with Gasteiger partial charge in [0.1, 0.15) is 0 Å². The average molecular weight is 205 g/mol. The van der Waals surface area contributed by atoms with E-state index in [-0.39, 0.29) is 0 Å². The van der Waals surface area contributed by atoms with E-state index in [9.17, 15) is 0 Å². The summed E-state index contributed by atoms with van der Waals surface area (Å²) in [5, 5.41) is 0.606. The van der Waals surface area contributed by atoms with E-state index >= 15 is 0 Å². The summed E-state index contributed by atoms with van der Waals surface area (Å²) in [6.45, 7) is 1.96. The lowest BCUT2D eigenvalue weighted by Gasteiger charge is -1.98. The van der Waals surface area contributed by atoms with Gasteiger partial charge in [0.05, 0.1) is 10.6 Å². The molecule has 0 aliphatic carbocycles. The Morgan fingerprint density at radius 1 is 1.14 bits per heavy atom. The number of anilines is 2. The Bertz CT molecular complexity index is 445. The predicted molar refractivity (Wildman–Crippen MR) is 61.1 cm³/mol. The Kier molecular flexibility index (Phi) is 2.13. The molecule has 0 amide bonds. The number of nitrogens with zero attached hydrogens (tertiary/aromatic N) is 1. The van der Waals surface area contributed by atoms with Crippen LogP contribution in [0.3, 0.4) is 0 Å². The van der Waals surface area contributed by atoms with Crippen molar-refractivity contribution in [3.63, 3.8) is 0 Å². The molecule has 2 aromatic rings. The third-order valence-electron chi connectivity index (χ3n) is 1.99. The quantitative estimate of drug-likeness (QED) is 0.702. The highest BCUT2D eigenvalue weighted by molar-refractivity contribution is 7.18. The Morgan fingerprint density at radius 2 is 1.79 bits per heavy atom. The van der Waals surface area contributed by atoms with Crippen LogP contribution in [0.5, 0.6) is 0 Å². The van der Waals surface area contributed by atoms with Crippen molar-refractivity contribution in [1.29, 1.82) is 0 Å². The van der Waals surface area contributed by atoms with Crippen molar-refractivity contribution in [2.45, 2.75) is 6.92 Å². The molecular formula is C10H11N3S. The fourth-order valence-corrected chi connectivity index (χ4v) is 2.16. The number of nitrogen functional groups attached to an aromatic ring is 2. The summed E-state index contributed by atoms with van der Waals surface area (Å²) in [4.78, 5) is 5.29. The number of hydrogen-bond donors (Lipinski definition) is 2. The summed E-state index contributed by atoms with van der Waals surface area (Å²) in [5.74, 6) is 0. The number of hydrogen-bond acceptors (Lipinski definition) is 4. The van der Waals surface area contributed by atoms with E-state index in [1.54, 1.807) is 0 Å². The SMILES string of the molecule is Cc1nc(N)sc1-c1ccc(N)cc1. The second-order valence-corrected chi connectivity index (χ2v) is 4.12. The van der Waals surface area contributed by atoms with Crippen LogP contribution in [0.25, 0.3) is 10.4 Å². The number of benzene rings is 1. The molecule has 0 spiro atoms. The Morgan fingerprint density at radius 3 is 2.29 bits per heavy atom. The molecule has 0 fully saturated rings. The summed E-state index contributed by atoms with van der Waals surface area (Å²) in [6.07, 6.45) is 0. The molecule has 0 saturated carbocycles. The Hall–Kier alpha value is -1.55. The summed E-state index contributed by atoms with van der Waals surface area (Å²) in [6, 6.07) is 7.72. The molecular weight excluding hydrogens is 194 g/mol. The van der Waals surface area contributed by atoms with Gasteiger partial charge in [-0.1, -0.05) is 23.5 Å². The van der Waals surface area contributed by atoms with Crippen LogP contribution < -0.4 is 11.5 Å². The molecule has 0 unspecified atom stereocenters. The van der Waals surface area contributed by atoms with E-state index in [0.717, 1.165) is 21.8 Å². The molecule has 4 N–H and O–H groups in total. The molecule has 0 aliphatic rings. The van der Waals surface area contributed by atoms with Crippen LogP contribution in [-0.2, 0) is 0 Å². The molecule has 0 bridgehead atoms. The minimum Gasteiger partial charge on any atom is -0.399 e. The summed E-state index contributed by atoms with van der Waals surface area (Å²) < 4.78 is 0. The number of nitrogens with two attached hydrogens (primary N) is 2. The van der Waals surface area contributed by atoms with Gasteiger partial charge in [0.2, 0.25) is 0 Å². The minimum atomic E-state index is 0.606. The average Bonchev–Trinajstić information content (AvgIpc) is 2.47. The van der Waals surface area contributed by atoms with Crippen molar-refractivity contribution in [2.75, 3.05) is 11.5 Å². The topological polar surface area (TPSA) is 64.9 Å². The van der Waals surface area contributed by atoms with Gasteiger partial charge >= 0.3 is 0 Å². The lowest BCUT2D eigenvalue weighted by atomic mass is 10.1. The normalized spacial score (nSPS) is 10.4. The number of rotatable bonds is 1. The molecule has 0 atom stereocenters. The summed E-state index contributed by atoms with van der Waals surface area (Å²) in [7, 11) is 0. The molecule has 1 aromatic heterocycles. The first-order valence-electron chi connectivity index (χ1n) is 4.25. The Balaban J connectivity index is 2.49. The predicted octanol–water partition coefficient (Wildman–Crippen LogP) is 2.28.